The molecule has 52 heteroatoms. The molecule has 0 bridgehead atoms. The standard InChI is InChI=1S/C15H14Cl2FN3O4.C14H14Cl2N4O4.C13H13Cl2N5O4.C13H13Cl2N5O3S.C13H13Cl2N5O3/c1-6(22)10-11(23)15(17,3-4-16)14(25-10)21-5-8(18)9-12(21)19-7(2)20-13(9)24;1-6(21)8-9(22)14(16,3-4-15)12(24-8)20-5-2-7-10(20)18-13(17)19-11(7)23;1-5(21)7-8(22)13(15,2-3-14)11(24-7)20-4-17-6-9(20)18-12(16)19-10(6)23;1-5(21)7-8(22)13(15,2-3-14)11(23-7)20-4-17-6-9(20)18-12(16)19-10(6)24;1-6(21)8-9(22)13(15,2-3-14)11(23-8)20-5-18-7-4-17-12(16)19-10(7)20/h5-6,10-11,14,22-23H,1-2H3,(H,19,20,24);2,5-6,8-9,12,21-22H,1H3,(H3,17,18,19,23);4-5,7-8,11,21-22H,1H3,(H3,16,18,19,23);4-5,7-8,11,21-22H,1H3,(H3,16,18,19,24);4-6,8-9,11,21-22H,1H3,(H2,16,17,19)/t6-,10-,11+,14-,15?;6-,8-,9+,12-,14?;2*5-,7-,8+,11-,13?;6-,8-,9+,11-,13?/m11111/s1. The van der Waals surface area contributed by atoms with Crippen molar-refractivity contribution in [3.8, 4) is 56.5 Å². The van der Waals surface area contributed by atoms with Gasteiger partial charge in [0.25, 0.3) is 16.7 Å². The highest BCUT2D eigenvalue weighted by atomic mass is 35.5. The topological polar surface area (TPSA) is 608 Å². The van der Waals surface area contributed by atoms with Gasteiger partial charge >= 0.3 is 0 Å². The van der Waals surface area contributed by atoms with Crippen molar-refractivity contribution in [2.75, 3.05) is 22.9 Å². The molecule has 40 nitrogen and oxygen atoms in total. The van der Waals surface area contributed by atoms with Gasteiger partial charge < -0.3 is 112 Å². The van der Waals surface area contributed by atoms with E-state index in [1.54, 1.807) is 0 Å². The molecule has 5 aliphatic rings. The Hall–Kier alpha value is -8.26. The average Bonchev–Trinajstić information content (AvgIpc) is 1.60. The summed E-state index contributed by atoms with van der Waals surface area (Å²) in [5.41, 5.74) is 22.7. The molecule has 0 radical (unpaired) electrons. The molecule has 22 N–H and O–H groups in total. The number of aliphatic hydroxyl groups is 10. The van der Waals surface area contributed by atoms with Crippen molar-refractivity contribution in [3.63, 3.8) is 0 Å². The van der Waals surface area contributed by atoms with Gasteiger partial charge in [-0.15, -0.1) is 0 Å². The molecule has 15 rings (SSSR count). The van der Waals surface area contributed by atoms with E-state index in [0.717, 1.165) is 6.20 Å². The lowest BCUT2D eigenvalue weighted by Gasteiger charge is -2.25. The van der Waals surface area contributed by atoms with Crippen LogP contribution in [0.25, 0.3) is 55.6 Å². The maximum Gasteiger partial charge on any atom is 0.280 e. The predicted molar refractivity (Wildman–Crippen MR) is 438 cm³/mol. The molecule has 25 atom stereocenters. The van der Waals surface area contributed by atoms with E-state index in [2.05, 4.69) is 121 Å². The molecular weight excluding hydrogens is 1820 g/mol. The first-order valence-corrected chi connectivity index (χ1v) is 38.8. The molecule has 120 heavy (non-hydrogen) atoms. The van der Waals surface area contributed by atoms with Crippen LogP contribution in [0.3, 0.4) is 0 Å². The van der Waals surface area contributed by atoms with Crippen LogP contribution >= 0.6 is 128 Å². The molecule has 640 valence electrons. The third kappa shape index (κ3) is 16.9. The number of aryl methyl sites for hydroxylation is 1. The highest BCUT2D eigenvalue weighted by molar-refractivity contribution is 7.71. The van der Waals surface area contributed by atoms with E-state index in [0.29, 0.717) is 22.3 Å². The Bertz CT molecular complexity index is 5810. The van der Waals surface area contributed by atoms with E-state index in [1.165, 1.54) is 102 Å². The number of hydrogen-bond donors (Lipinski definition) is 18. The van der Waals surface area contributed by atoms with Crippen LogP contribution in [-0.2, 0) is 23.7 Å². The molecule has 10 aromatic heterocycles. The van der Waals surface area contributed by atoms with Crippen LogP contribution < -0.4 is 39.6 Å². The maximum absolute atomic E-state index is 14.3. The van der Waals surface area contributed by atoms with Crippen LogP contribution in [-0.4, -0.2) is 255 Å². The Kier molecular flexibility index (Phi) is 27.9. The summed E-state index contributed by atoms with van der Waals surface area (Å²) in [6.45, 7) is 8.79. The molecule has 0 amide bonds. The highest BCUT2D eigenvalue weighted by Gasteiger charge is 2.62. The van der Waals surface area contributed by atoms with E-state index in [1.807, 2.05) is 0 Å². The van der Waals surface area contributed by atoms with E-state index in [9.17, 15) is 69.8 Å². The molecule has 0 aromatic carbocycles. The summed E-state index contributed by atoms with van der Waals surface area (Å²) in [5, 5.41) is 112. The average molecular weight is 1890 g/mol. The number of aromatic nitrogens is 18. The van der Waals surface area contributed by atoms with Crippen molar-refractivity contribution in [2.45, 2.75) is 189 Å². The number of nitrogens with two attached hydrogens (primary N) is 4. The number of imidazole rings is 3. The van der Waals surface area contributed by atoms with Gasteiger partial charge in [0.2, 0.25) is 17.8 Å². The lowest BCUT2D eigenvalue weighted by atomic mass is 9.97. The number of alkyl halides is 5. The molecule has 5 aliphatic heterocycles. The molecule has 0 aliphatic carbocycles. The number of nitrogens with zero attached hydrogens (tertiary/aromatic N) is 14. The number of anilines is 4. The second-order valence-electron chi connectivity index (χ2n) is 27.4. The Balaban J connectivity index is 0.000000147. The molecule has 5 unspecified atom stereocenters. The Labute approximate surface area is 728 Å². The van der Waals surface area contributed by atoms with Crippen molar-refractivity contribution in [3.05, 3.63) is 91.0 Å². The number of nitrogens with one attached hydrogen (secondary N) is 4. The molecule has 5 fully saturated rings. The van der Waals surface area contributed by atoms with Crippen molar-refractivity contribution < 1.29 is 79.1 Å². The van der Waals surface area contributed by atoms with Crippen molar-refractivity contribution >= 4 is 208 Å². The number of nitrogen functional groups attached to an aromatic ring is 4. The quantitative estimate of drug-likeness (QED) is 0.0527. The maximum atomic E-state index is 14.3. The van der Waals surface area contributed by atoms with Gasteiger partial charge in [-0.25, -0.2) is 34.3 Å². The van der Waals surface area contributed by atoms with Crippen molar-refractivity contribution in [1.82, 2.24) is 87.6 Å². The SMILES string of the molecule is C[C@@H](O)[C@H]1O[C@@H](n2ccc3c(=O)[nH]c(N)nc32)C(Cl)(C#CCl)[C@H]1O.C[C@@H](O)[C@H]1O[C@@H](n2cnc3c(=O)[nH]c(N)nc32)C(Cl)(C#CCl)[C@H]1O.C[C@@H](O)[C@H]1O[C@@H](n2cnc3c(=S)nc(N)[nH]c32)C(Cl)(C#CCl)[C@H]1O.C[C@@H](O)[C@H]1O[C@@H](n2cnc3cnc(N)nc32)C(Cl)(C#CCl)[C@H]1O.Cc1nc2c(c(F)cn2[C@@H]2O[C@H]([C@@H](C)O)[C@H](O)C2(Cl)C#CCl)c(=O)[nH]1. The summed E-state index contributed by atoms with van der Waals surface area (Å²) >= 11 is 64.9. The fourth-order valence-electron chi connectivity index (χ4n) is 13.7. The number of aromatic amines is 4. The van der Waals surface area contributed by atoms with E-state index in [-0.39, 0.29) is 67.5 Å². The molecular formula is C68H67Cl10FN22O18S. The number of H-pyrrole nitrogens is 4. The molecule has 15 heterocycles. The van der Waals surface area contributed by atoms with Gasteiger partial charge in [0.1, 0.15) is 88.9 Å². The Morgan fingerprint density at radius 1 is 0.467 bits per heavy atom. The third-order valence-electron chi connectivity index (χ3n) is 19.4. The van der Waals surface area contributed by atoms with Gasteiger partial charge in [0, 0.05) is 39.3 Å². The van der Waals surface area contributed by atoms with Gasteiger partial charge in [0.05, 0.1) is 61.1 Å². The minimum atomic E-state index is -1.78. The van der Waals surface area contributed by atoms with Crippen LogP contribution in [0.15, 0.2) is 58.0 Å². The molecule has 10 aromatic rings. The molecule has 0 saturated carbocycles. The minimum absolute atomic E-state index is 0.0145. The van der Waals surface area contributed by atoms with Gasteiger partial charge in [-0.1, -0.05) is 99.8 Å². The Morgan fingerprint density at radius 3 is 1.28 bits per heavy atom. The third-order valence-corrected chi connectivity index (χ3v) is 22.7. The smallest absolute Gasteiger partial charge is 0.280 e. The molecule has 5 saturated heterocycles. The van der Waals surface area contributed by atoms with Crippen LogP contribution in [0.1, 0.15) is 71.6 Å². The zero-order valence-corrected chi connectivity index (χ0v) is 70.3. The zero-order chi connectivity index (χ0) is 88.2. The van der Waals surface area contributed by atoms with Gasteiger partial charge in [-0.2, -0.15) is 15.0 Å². The number of ether oxygens (including phenoxy) is 5. The number of hydrogen-bond acceptors (Lipinski definition) is 32. The first-order chi connectivity index (χ1) is 56.5. The summed E-state index contributed by atoms with van der Waals surface area (Å²) < 4.78 is 49.9. The summed E-state index contributed by atoms with van der Waals surface area (Å²) in [6, 6.07) is 1.51. The Morgan fingerprint density at radius 2 is 0.842 bits per heavy atom. The monoisotopic (exact) mass is 1880 g/mol. The van der Waals surface area contributed by atoms with Crippen LogP contribution in [0, 0.1) is 73.9 Å². The first kappa shape index (κ1) is 92.5. The second kappa shape index (κ2) is 36.3. The van der Waals surface area contributed by atoms with E-state index >= 15 is 0 Å². The normalized spacial score (nSPS) is 31.0. The minimum Gasteiger partial charge on any atom is -0.391 e. The summed E-state index contributed by atoms with van der Waals surface area (Å²) in [7, 11) is 0. The zero-order valence-electron chi connectivity index (χ0n) is 62.0. The fourth-order valence-corrected chi connectivity index (χ4v) is 16.6. The predicted octanol–water partition coefficient (Wildman–Crippen LogP) is 1.74. The van der Waals surface area contributed by atoms with Crippen LogP contribution in [0.4, 0.5) is 28.2 Å². The van der Waals surface area contributed by atoms with Crippen LogP contribution in [0.5, 0.6) is 0 Å². The molecule has 0 spiro atoms. The van der Waals surface area contributed by atoms with E-state index < -0.39 is 170 Å². The highest BCUT2D eigenvalue weighted by Crippen LogP contribution is 2.51. The lowest BCUT2D eigenvalue weighted by molar-refractivity contribution is -0.0752. The summed E-state index contributed by atoms with van der Waals surface area (Å²) in [4.78, 5) is 73.9. The van der Waals surface area contributed by atoms with Crippen molar-refractivity contribution in [2.24, 2.45) is 0 Å². The van der Waals surface area contributed by atoms with Gasteiger partial charge in [-0.3, -0.25) is 42.6 Å². The number of halogens is 11. The number of fused-ring (bicyclic) bond motifs is 5. The summed E-state index contributed by atoms with van der Waals surface area (Å²) in [6.07, 6.45) is -14.1. The van der Waals surface area contributed by atoms with E-state index in [4.69, 9.17) is 175 Å². The van der Waals surface area contributed by atoms with Gasteiger partial charge in [-0.05, 0) is 106 Å². The second-order valence-corrected chi connectivity index (χ2v) is 31.9. The summed E-state index contributed by atoms with van der Waals surface area (Å²) in [5.74, 6) is 11.9. The first-order valence-electron chi connectivity index (χ1n) is 34.7. The van der Waals surface area contributed by atoms with Crippen molar-refractivity contribution in [1.29, 1.82) is 0 Å². The number of rotatable bonds is 10. The largest absolute Gasteiger partial charge is 0.391 e. The van der Waals surface area contributed by atoms with Crippen LogP contribution in [0.2, 0.25) is 0 Å². The lowest BCUT2D eigenvalue weighted by Crippen LogP contribution is -2.43. The fraction of sp³-hybridized carbons (Fsp3) is 0.456. The number of aliphatic hydroxyl groups excluding tert-OH is 10. The van der Waals surface area contributed by atoms with Gasteiger partial charge in [0.15, 0.2) is 100 Å².